The van der Waals surface area contributed by atoms with Crippen LogP contribution < -0.4 is 0 Å². The van der Waals surface area contributed by atoms with Crippen LogP contribution in [0.5, 0.6) is 0 Å². The van der Waals surface area contributed by atoms with Crippen LogP contribution in [0.15, 0.2) is 29.7 Å². The summed E-state index contributed by atoms with van der Waals surface area (Å²) < 4.78 is 16.3. The van der Waals surface area contributed by atoms with Gasteiger partial charge in [0.05, 0.1) is 25.3 Å². The molecule has 0 amide bonds. The van der Waals surface area contributed by atoms with Crippen LogP contribution in [0.25, 0.3) is 10.9 Å². The number of benzene rings is 1. The highest BCUT2D eigenvalue weighted by Gasteiger charge is 2.41. The molecule has 8 nitrogen and oxygen atoms in total. The third-order valence-corrected chi connectivity index (χ3v) is 6.23. The van der Waals surface area contributed by atoms with Gasteiger partial charge in [-0.15, -0.1) is 0 Å². The Morgan fingerprint density at radius 2 is 2.13 bits per heavy atom. The van der Waals surface area contributed by atoms with E-state index in [-0.39, 0.29) is 19.4 Å². The highest BCUT2D eigenvalue weighted by atomic mass is 16.6. The van der Waals surface area contributed by atoms with Gasteiger partial charge >= 0.3 is 11.9 Å². The van der Waals surface area contributed by atoms with Crippen LogP contribution in [0.3, 0.4) is 0 Å². The van der Waals surface area contributed by atoms with E-state index in [0.29, 0.717) is 13.0 Å². The zero-order chi connectivity index (χ0) is 22.2. The first-order valence-corrected chi connectivity index (χ1v) is 10.7. The van der Waals surface area contributed by atoms with Gasteiger partial charge in [-0.3, -0.25) is 4.79 Å². The number of aryl methyl sites for hydroxylation is 1. The fraction of sp³-hybridized carbons (Fsp3) is 0.478. The fourth-order valence-electron chi connectivity index (χ4n) is 4.50. The van der Waals surface area contributed by atoms with Crippen molar-refractivity contribution in [2.45, 2.75) is 57.7 Å². The minimum atomic E-state index is -1.00. The van der Waals surface area contributed by atoms with Gasteiger partial charge in [0, 0.05) is 17.3 Å². The number of fused-ring (bicyclic) bond motifs is 3. The second-order valence-electron chi connectivity index (χ2n) is 7.93. The molecule has 0 spiro atoms. The molecule has 3 N–H and O–H groups in total. The first kappa shape index (κ1) is 21.2. The summed E-state index contributed by atoms with van der Waals surface area (Å²) in [6.07, 6.45) is 1.39. The summed E-state index contributed by atoms with van der Waals surface area (Å²) in [5, 5.41) is 20.2. The Morgan fingerprint density at radius 3 is 2.81 bits per heavy atom. The average Bonchev–Trinajstić information content (AvgIpc) is 3.27. The van der Waals surface area contributed by atoms with Crippen LogP contribution in [0.1, 0.15) is 49.9 Å². The quantitative estimate of drug-likeness (QED) is 0.577. The van der Waals surface area contributed by atoms with Crippen LogP contribution in [0, 0.1) is 0 Å². The Labute approximate surface area is 179 Å². The second-order valence-corrected chi connectivity index (χ2v) is 7.93. The summed E-state index contributed by atoms with van der Waals surface area (Å²) in [6, 6.07) is 6.26. The molecule has 1 unspecified atom stereocenters. The predicted molar refractivity (Wildman–Crippen MR) is 112 cm³/mol. The van der Waals surface area contributed by atoms with Gasteiger partial charge in [-0.05, 0) is 30.4 Å². The van der Waals surface area contributed by atoms with Crippen molar-refractivity contribution in [1.29, 1.82) is 0 Å². The summed E-state index contributed by atoms with van der Waals surface area (Å²) in [5.41, 5.74) is 3.65. The number of hydrogen-bond acceptors (Lipinski definition) is 7. The van der Waals surface area contributed by atoms with E-state index in [0.717, 1.165) is 24.1 Å². The lowest BCUT2D eigenvalue weighted by atomic mass is 9.86. The number of carbonyl (C=O) groups excluding carboxylic acids is 2. The van der Waals surface area contributed by atoms with E-state index in [1.54, 1.807) is 0 Å². The number of cyclic esters (lactones) is 1. The van der Waals surface area contributed by atoms with Crippen molar-refractivity contribution in [3.05, 3.63) is 46.5 Å². The standard InChI is InChI=1S/C23H27NO7/c1-3-13-6-5-7-14-15-8-11-30-23(4-2,21(15)24-18(13)14)12-17(25)29-10-9-16-19(26)20(27)22(28)31-16/h5-7,16,24,26-27H,3-4,8-12H2,1-2H3/t16?,23-/m1/s1. The molecule has 0 fully saturated rings. The molecule has 1 aromatic heterocycles. The van der Waals surface area contributed by atoms with Gasteiger partial charge in [0.1, 0.15) is 5.60 Å². The van der Waals surface area contributed by atoms with Gasteiger partial charge in [-0.25, -0.2) is 4.79 Å². The lowest BCUT2D eigenvalue weighted by Gasteiger charge is -2.36. The number of H-pyrrole nitrogens is 1. The lowest BCUT2D eigenvalue weighted by molar-refractivity contribution is -0.156. The molecule has 0 saturated heterocycles. The smallest absolute Gasteiger partial charge is 0.377 e. The number of rotatable bonds is 7. The number of nitrogens with one attached hydrogen (secondary N) is 1. The largest absolute Gasteiger partial charge is 0.505 e. The highest BCUT2D eigenvalue weighted by Crippen LogP contribution is 2.42. The van der Waals surface area contributed by atoms with Gasteiger partial charge in [0.15, 0.2) is 11.9 Å². The van der Waals surface area contributed by atoms with Crippen molar-refractivity contribution in [3.8, 4) is 0 Å². The van der Waals surface area contributed by atoms with Gasteiger partial charge in [-0.1, -0.05) is 32.0 Å². The minimum Gasteiger partial charge on any atom is -0.505 e. The van der Waals surface area contributed by atoms with Crippen LogP contribution >= 0.6 is 0 Å². The normalized spacial score (nSPS) is 23.2. The van der Waals surface area contributed by atoms with E-state index in [1.807, 2.05) is 6.92 Å². The number of carbonyl (C=O) groups is 2. The number of esters is 2. The van der Waals surface area contributed by atoms with Gasteiger partial charge < -0.3 is 29.4 Å². The zero-order valence-corrected chi connectivity index (χ0v) is 17.7. The molecule has 4 rings (SSSR count). The molecule has 1 aromatic carbocycles. The van der Waals surface area contributed by atoms with Crippen molar-refractivity contribution in [1.82, 2.24) is 4.98 Å². The van der Waals surface area contributed by atoms with Crippen LogP contribution in [0.4, 0.5) is 0 Å². The minimum absolute atomic E-state index is 0.0440. The SMILES string of the molecule is CCc1cccc2c3c([nH]c12)[C@@](CC)(CC(=O)OCCC1OC(=O)C(O)=C1O)OCC3. The number of aliphatic hydroxyl groups excluding tert-OH is 2. The Morgan fingerprint density at radius 1 is 1.32 bits per heavy atom. The highest BCUT2D eigenvalue weighted by molar-refractivity contribution is 5.89. The molecule has 0 aliphatic carbocycles. The topological polar surface area (TPSA) is 118 Å². The van der Waals surface area contributed by atoms with Crippen molar-refractivity contribution < 1.29 is 34.0 Å². The predicted octanol–water partition coefficient (Wildman–Crippen LogP) is 3.48. The number of aliphatic hydroxyl groups is 2. The van der Waals surface area contributed by atoms with E-state index in [9.17, 15) is 19.8 Å². The summed E-state index contributed by atoms with van der Waals surface area (Å²) >= 11 is 0. The number of aromatic nitrogens is 1. The first-order chi connectivity index (χ1) is 14.9. The summed E-state index contributed by atoms with van der Waals surface area (Å²) in [4.78, 5) is 27.5. The molecule has 2 aromatic rings. The van der Waals surface area contributed by atoms with E-state index in [1.165, 1.54) is 16.5 Å². The van der Waals surface area contributed by atoms with Gasteiger partial charge in [0.25, 0.3) is 0 Å². The fourth-order valence-corrected chi connectivity index (χ4v) is 4.50. The van der Waals surface area contributed by atoms with Crippen LogP contribution in [0.2, 0.25) is 0 Å². The van der Waals surface area contributed by atoms with Crippen molar-refractivity contribution in [3.63, 3.8) is 0 Å². The second kappa shape index (κ2) is 8.26. The van der Waals surface area contributed by atoms with E-state index in [2.05, 4.69) is 30.1 Å². The lowest BCUT2D eigenvalue weighted by Crippen LogP contribution is -2.38. The molecular formula is C23H27NO7. The Hall–Kier alpha value is -3.00. The first-order valence-electron chi connectivity index (χ1n) is 10.7. The zero-order valence-electron chi connectivity index (χ0n) is 17.7. The summed E-state index contributed by atoms with van der Waals surface area (Å²) in [6.45, 7) is 4.56. The van der Waals surface area contributed by atoms with Gasteiger partial charge in [-0.2, -0.15) is 0 Å². The summed E-state index contributed by atoms with van der Waals surface area (Å²) in [7, 11) is 0. The Bertz CT molecular complexity index is 1050. The van der Waals surface area contributed by atoms with Crippen LogP contribution in [-0.4, -0.2) is 46.5 Å². The Balaban J connectivity index is 1.49. The van der Waals surface area contributed by atoms with E-state index in [4.69, 9.17) is 14.2 Å². The Kier molecular flexibility index (Phi) is 5.66. The maximum Gasteiger partial charge on any atom is 0.377 e. The molecule has 166 valence electrons. The molecule has 0 radical (unpaired) electrons. The van der Waals surface area contributed by atoms with E-state index < -0.39 is 35.2 Å². The van der Waals surface area contributed by atoms with Crippen molar-refractivity contribution in [2.24, 2.45) is 0 Å². The van der Waals surface area contributed by atoms with E-state index >= 15 is 0 Å². The van der Waals surface area contributed by atoms with Crippen molar-refractivity contribution >= 4 is 22.8 Å². The average molecular weight is 429 g/mol. The number of aromatic amines is 1. The maximum absolute atomic E-state index is 12.7. The molecule has 2 aliphatic heterocycles. The third-order valence-electron chi connectivity index (χ3n) is 6.23. The maximum atomic E-state index is 12.7. The molecule has 0 saturated carbocycles. The number of para-hydroxylation sites is 1. The molecule has 8 heteroatoms. The van der Waals surface area contributed by atoms with Crippen LogP contribution in [-0.2, 0) is 42.2 Å². The molecule has 0 bridgehead atoms. The molecule has 31 heavy (non-hydrogen) atoms. The monoisotopic (exact) mass is 429 g/mol. The number of ether oxygens (including phenoxy) is 3. The molecule has 2 aliphatic rings. The molecule has 3 heterocycles. The number of hydrogen-bond donors (Lipinski definition) is 3. The third kappa shape index (κ3) is 3.65. The molecule has 2 atom stereocenters. The van der Waals surface area contributed by atoms with Gasteiger partial charge in [0.2, 0.25) is 5.76 Å². The summed E-state index contributed by atoms with van der Waals surface area (Å²) in [5.74, 6) is -2.75. The molecular weight excluding hydrogens is 402 g/mol. The van der Waals surface area contributed by atoms with Crippen molar-refractivity contribution in [2.75, 3.05) is 13.2 Å².